The number of carbonyl (C=O) groups is 2. The summed E-state index contributed by atoms with van der Waals surface area (Å²) in [4.78, 5) is 24.6. The molecule has 5 nitrogen and oxygen atoms in total. The van der Waals surface area contributed by atoms with Crippen LogP contribution in [-0.2, 0) is 19.1 Å². The number of aliphatic hydroxyl groups is 1. The first-order valence-corrected chi connectivity index (χ1v) is 31.4. The van der Waals surface area contributed by atoms with Crippen molar-refractivity contribution in [2.24, 2.45) is 0 Å². The molecule has 74 heavy (non-hydrogen) atoms. The van der Waals surface area contributed by atoms with E-state index in [0.717, 1.165) is 96.3 Å². The van der Waals surface area contributed by atoms with Gasteiger partial charge in [-0.15, -0.1) is 0 Å². The van der Waals surface area contributed by atoms with Crippen molar-refractivity contribution in [3.8, 4) is 0 Å². The lowest BCUT2D eigenvalue weighted by molar-refractivity contribution is -0.161. The van der Waals surface area contributed by atoms with Gasteiger partial charge in [-0.05, 0) is 96.3 Å². The number of aliphatic hydroxyl groups excluding tert-OH is 1. The molecule has 0 bridgehead atoms. The van der Waals surface area contributed by atoms with Crippen LogP contribution in [0.1, 0.15) is 296 Å². The molecule has 1 atom stereocenters. The minimum Gasteiger partial charge on any atom is -0.462 e. The number of hydrogen-bond donors (Lipinski definition) is 1. The van der Waals surface area contributed by atoms with E-state index in [0.29, 0.717) is 12.8 Å². The highest BCUT2D eigenvalue weighted by Gasteiger charge is 2.16. The van der Waals surface area contributed by atoms with Gasteiger partial charge in [0.1, 0.15) is 6.61 Å². The normalized spacial score (nSPS) is 13.0. The molecule has 0 aromatic carbocycles. The van der Waals surface area contributed by atoms with E-state index in [4.69, 9.17) is 9.47 Å². The van der Waals surface area contributed by atoms with Crippen molar-refractivity contribution >= 4 is 11.9 Å². The lowest BCUT2D eigenvalue weighted by atomic mass is 10.0. The highest BCUT2D eigenvalue weighted by Crippen LogP contribution is 2.17. The van der Waals surface area contributed by atoms with Crippen molar-refractivity contribution in [3.63, 3.8) is 0 Å². The molecule has 1 N–H and O–H groups in total. The highest BCUT2D eigenvalue weighted by molar-refractivity contribution is 5.70. The van der Waals surface area contributed by atoms with Crippen molar-refractivity contribution < 1.29 is 24.2 Å². The van der Waals surface area contributed by atoms with Gasteiger partial charge >= 0.3 is 11.9 Å². The molecule has 0 fully saturated rings. The second kappa shape index (κ2) is 63.8. The lowest BCUT2D eigenvalue weighted by Gasteiger charge is -2.15. The maximum atomic E-state index is 12.3. The quantitative estimate of drug-likeness (QED) is 0.0373. The van der Waals surface area contributed by atoms with Crippen LogP contribution in [0.25, 0.3) is 0 Å². The van der Waals surface area contributed by atoms with Crippen LogP contribution in [0.2, 0.25) is 0 Å². The maximum absolute atomic E-state index is 12.3. The molecule has 0 aliphatic rings. The first-order valence-electron chi connectivity index (χ1n) is 31.4. The molecule has 424 valence electrons. The monoisotopic (exact) mass is 1030 g/mol. The molecule has 0 rings (SSSR count). The summed E-state index contributed by atoms with van der Waals surface area (Å²) < 4.78 is 10.7. The van der Waals surface area contributed by atoms with E-state index in [9.17, 15) is 14.7 Å². The van der Waals surface area contributed by atoms with Crippen LogP contribution in [0.15, 0.2) is 109 Å². The smallest absolute Gasteiger partial charge is 0.306 e. The van der Waals surface area contributed by atoms with Crippen LogP contribution >= 0.6 is 0 Å². The number of hydrogen-bond acceptors (Lipinski definition) is 5. The molecule has 0 saturated carbocycles. The van der Waals surface area contributed by atoms with Crippen LogP contribution in [0, 0.1) is 0 Å². The first-order chi connectivity index (χ1) is 36.6. The Kier molecular flexibility index (Phi) is 60.9. The van der Waals surface area contributed by atoms with Gasteiger partial charge in [0.15, 0.2) is 6.10 Å². The maximum Gasteiger partial charge on any atom is 0.306 e. The fourth-order valence-electron chi connectivity index (χ4n) is 8.93. The SMILES string of the molecule is CC/C=C\C/C=C\C/C=C\C/C=C\C/C=C\CCCCCCCCCCCCCCCCCCCC(=O)OC(CO)COC(=O)CCCCCCCCCCCCCCCC/C=C\C/C=C\C/C=C\C/C=C\CC. The highest BCUT2D eigenvalue weighted by atomic mass is 16.6. The van der Waals surface area contributed by atoms with Crippen LogP contribution in [0.5, 0.6) is 0 Å². The number of esters is 2. The largest absolute Gasteiger partial charge is 0.462 e. The molecule has 0 aliphatic heterocycles. The molecule has 1 unspecified atom stereocenters. The summed E-state index contributed by atoms with van der Waals surface area (Å²) in [5.41, 5.74) is 0. The first kappa shape index (κ1) is 70.6. The third-order valence-corrected chi connectivity index (χ3v) is 13.6. The predicted octanol–water partition coefficient (Wildman–Crippen LogP) is 21.6. The van der Waals surface area contributed by atoms with Gasteiger partial charge in [-0.2, -0.15) is 0 Å². The van der Waals surface area contributed by atoms with Crippen LogP contribution in [-0.4, -0.2) is 36.4 Å². The average molecular weight is 1030 g/mol. The van der Waals surface area contributed by atoms with E-state index in [-0.39, 0.29) is 25.2 Å². The van der Waals surface area contributed by atoms with E-state index in [1.807, 2.05) is 0 Å². The van der Waals surface area contributed by atoms with Gasteiger partial charge in [0, 0.05) is 12.8 Å². The molecular weight excluding hydrogens is 909 g/mol. The summed E-state index contributed by atoms with van der Waals surface area (Å²) in [6, 6.07) is 0. The van der Waals surface area contributed by atoms with E-state index in [1.54, 1.807) is 0 Å². The Balaban J connectivity index is 3.47. The summed E-state index contributed by atoms with van der Waals surface area (Å²) >= 11 is 0. The van der Waals surface area contributed by atoms with E-state index in [1.165, 1.54) is 173 Å². The summed E-state index contributed by atoms with van der Waals surface area (Å²) in [7, 11) is 0. The zero-order chi connectivity index (χ0) is 53.4. The fourth-order valence-corrected chi connectivity index (χ4v) is 8.93. The van der Waals surface area contributed by atoms with Crippen LogP contribution < -0.4 is 0 Å². The van der Waals surface area contributed by atoms with Gasteiger partial charge in [-0.3, -0.25) is 9.59 Å². The molecule has 0 amide bonds. The van der Waals surface area contributed by atoms with E-state index < -0.39 is 6.10 Å². The van der Waals surface area contributed by atoms with Gasteiger partial charge < -0.3 is 14.6 Å². The number of allylic oxidation sites excluding steroid dienone is 18. The number of unbranched alkanes of at least 4 members (excludes halogenated alkanes) is 31. The number of carbonyl (C=O) groups excluding carboxylic acids is 2. The zero-order valence-corrected chi connectivity index (χ0v) is 48.6. The molecule has 0 spiro atoms. The van der Waals surface area contributed by atoms with E-state index in [2.05, 4.69) is 123 Å². The van der Waals surface area contributed by atoms with Crippen LogP contribution in [0.3, 0.4) is 0 Å². The van der Waals surface area contributed by atoms with E-state index >= 15 is 0 Å². The second-order valence-electron chi connectivity index (χ2n) is 20.7. The molecule has 0 aromatic heterocycles. The van der Waals surface area contributed by atoms with Crippen molar-refractivity contribution in [1.29, 1.82) is 0 Å². The van der Waals surface area contributed by atoms with Crippen molar-refractivity contribution in [2.45, 2.75) is 302 Å². The third kappa shape index (κ3) is 61.1. The standard InChI is InChI=1S/C69H118O5/c1-3-5-7-9-11-13-15-17-19-21-23-25-27-29-31-32-33-34-35-36-38-40-42-44-46-48-50-52-54-56-58-60-62-64-69(72)74-67(65-70)66-73-68(71)63-61-59-57-55-53-51-49-47-45-43-41-39-37-30-28-26-24-22-20-18-16-14-12-10-8-6-4-2/h5-8,11-14,17-20,23-26,29,31,67,70H,3-4,9-10,15-16,21-22,27-28,30,32-66H2,1-2H3/b7-5-,8-6-,13-11-,14-12-,19-17-,20-18-,25-23-,26-24-,31-29-. The molecule has 0 aromatic rings. The van der Waals surface area contributed by atoms with Crippen molar-refractivity contribution in [2.75, 3.05) is 13.2 Å². The molecule has 0 radical (unpaired) electrons. The number of rotatable bonds is 57. The van der Waals surface area contributed by atoms with Crippen LogP contribution in [0.4, 0.5) is 0 Å². The van der Waals surface area contributed by atoms with Gasteiger partial charge in [-0.1, -0.05) is 297 Å². The van der Waals surface area contributed by atoms with Gasteiger partial charge in [0.05, 0.1) is 6.61 Å². The van der Waals surface area contributed by atoms with Gasteiger partial charge in [0.2, 0.25) is 0 Å². The Labute approximate surface area is 459 Å². The van der Waals surface area contributed by atoms with Gasteiger partial charge in [-0.25, -0.2) is 0 Å². The Bertz CT molecular complexity index is 1440. The Hall–Kier alpha value is -3.44. The third-order valence-electron chi connectivity index (χ3n) is 13.6. The Morgan fingerprint density at radius 2 is 0.541 bits per heavy atom. The van der Waals surface area contributed by atoms with Crippen molar-refractivity contribution in [1.82, 2.24) is 0 Å². The average Bonchev–Trinajstić information content (AvgIpc) is 3.40. The second-order valence-corrected chi connectivity index (χ2v) is 20.7. The Morgan fingerprint density at radius 1 is 0.311 bits per heavy atom. The minimum atomic E-state index is -0.778. The summed E-state index contributed by atoms with van der Waals surface area (Å²) in [5, 5.41) is 9.68. The summed E-state index contributed by atoms with van der Waals surface area (Å²) in [5.74, 6) is -0.584. The molecule has 0 saturated heterocycles. The minimum absolute atomic E-state index is 0.0678. The molecule has 0 aliphatic carbocycles. The topological polar surface area (TPSA) is 72.8 Å². The fraction of sp³-hybridized carbons (Fsp3) is 0.710. The molecule has 0 heterocycles. The predicted molar refractivity (Wildman–Crippen MR) is 325 cm³/mol. The van der Waals surface area contributed by atoms with Gasteiger partial charge in [0.25, 0.3) is 0 Å². The summed E-state index contributed by atoms with van der Waals surface area (Å²) in [6.07, 6.45) is 92.3. The zero-order valence-electron chi connectivity index (χ0n) is 48.6. The Morgan fingerprint density at radius 3 is 0.811 bits per heavy atom. The van der Waals surface area contributed by atoms with Crippen molar-refractivity contribution in [3.05, 3.63) is 109 Å². The lowest BCUT2D eigenvalue weighted by Crippen LogP contribution is -2.28. The molecular formula is C69H118O5. The number of ether oxygens (including phenoxy) is 2. The summed E-state index contributed by atoms with van der Waals surface area (Å²) in [6.45, 7) is 3.94. The molecule has 5 heteroatoms.